The van der Waals surface area contributed by atoms with E-state index >= 15 is 0 Å². The van der Waals surface area contributed by atoms with Crippen molar-refractivity contribution in [2.45, 2.75) is 25.8 Å². The fourth-order valence-corrected chi connectivity index (χ4v) is 4.42. The highest BCUT2D eigenvalue weighted by Gasteiger charge is 2.19. The third-order valence-electron chi connectivity index (χ3n) is 3.18. The van der Waals surface area contributed by atoms with Gasteiger partial charge in [0, 0.05) is 34.2 Å². The lowest BCUT2D eigenvalue weighted by Crippen LogP contribution is -2.19. The van der Waals surface area contributed by atoms with E-state index in [9.17, 15) is 0 Å². The van der Waals surface area contributed by atoms with Crippen LogP contribution in [0, 0.1) is 0 Å². The van der Waals surface area contributed by atoms with Gasteiger partial charge in [0.15, 0.2) is 0 Å². The Balaban J connectivity index is 2.26. The second-order valence-corrected chi connectivity index (χ2v) is 7.05. The maximum Gasteiger partial charge on any atom is 0.0766 e. The number of halogens is 2. The minimum absolute atomic E-state index is 0.313. The van der Waals surface area contributed by atoms with E-state index in [0.717, 1.165) is 27.5 Å². The molecular weight excluding hydrogens is 390 g/mol. The van der Waals surface area contributed by atoms with Crippen molar-refractivity contribution < 1.29 is 0 Å². The minimum atomic E-state index is 0.313. The van der Waals surface area contributed by atoms with Gasteiger partial charge in [0.1, 0.15) is 0 Å². The van der Waals surface area contributed by atoms with E-state index in [4.69, 9.17) is 0 Å². The Morgan fingerprint density at radius 3 is 2.68 bits per heavy atom. The molecule has 2 heterocycles. The highest BCUT2D eigenvalue weighted by atomic mass is 79.9. The summed E-state index contributed by atoms with van der Waals surface area (Å²) in [4.78, 5) is 1.33. The van der Waals surface area contributed by atoms with E-state index in [2.05, 4.69) is 60.6 Å². The fraction of sp³-hybridized carbons (Fsp3) is 0.462. The van der Waals surface area contributed by atoms with Gasteiger partial charge in [-0.15, -0.1) is 11.3 Å². The summed E-state index contributed by atoms with van der Waals surface area (Å²) in [5.41, 5.74) is 2.36. The first kappa shape index (κ1) is 15.2. The quantitative estimate of drug-likeness (QED) is 0.810. The van der Waals surface area contributed by atoms with Crippen LogP contribution in [0.25, 0.3) is 0 Å². The molecule has 3 nitrogen and oxygen atoms in total. The number of aromatic nitrogens is 2. The summed E-state index contributed by atoms with van der Waals surface area (Å²) in [5.74, 6) is 0. The molecule has 0 aliphatic carbocycles. The van der Waals surface area contributed by atoms with Gasteiger partial charge in [-0.05, 0) is 51.4 Å². The van der Waals surface area contributed by atoms with Gasteiger partial charge in [-0.2, -0.15) is 5.10 Å². The molecule has 0 aliphatic heterocycles. The normalized spacial score (nSPS) is 12.9. The summed E-state index contributed by atoms with van der Waals surface area (Å²) < 4.78 is 4.27. The number of likely N-dealkylation sites (N-methyl/N-ethyl adjacent to an activating group) is 1. The van der Waals surface area contributed by atoms with Crippen molar-refractivity contribution in [1.82, 2.24) is 15.1 Å². The summed E-state index contributed by atoms with van der Waals surface area (Å²) in [5, 5.41) is 10.1. The van der Waals surface area contributed by atoms with Crippen molar-refractivity contribution in [3.8, 4) is 0 Å². The van der Waals surface area contributed by atoms with Gasteiger partial charge < -0.3 is 5.32 Å². The number of hydrogen-bond acceptors (Lipinski definition) is 3. The first-order chi connectivity index (χ1) is 9.06. The van der Waals surface area contributed by atoms with Crippen LogP contribution in [0.4, 0.5) is 0 Å². The Bertz CT molecular complexity index is 562. The van der Waals surface area contributed by atoms with E-state index in [1.807, 2.05) is 18.8 Å². The number of hydrogen-bond donors (Lipinski definition) is 1. The molecule has 0 saturated heterocycles. The summed E-state index contributed by atoms with van der Waals surface area (Å²) in [6.45, 7) is 2.13. The number of rotatable bonds is 5. The molecule has 0 radical (unpaired) electrons. The Morgan fingerprint density at radius 1 is 1.47 bits per heavy atom. The van der Waals surface area contributed by atoms with E-state index in [1.54, 1.807) is 11.3 Å². The summed E-state index contributed by atoms with van der Waals surface area (Å²) in [6, 6.07) is 2.49. The standard InChI is InChI=1S/C13H17Br2N3S/c1-4-9-13(15)11(18(3)17-9)6-10(16-2)12-5-8(14)7-19-12/h5,7,10,16H,4,6H2,1-3H3. The Morgan fingerprint density at radius 2 is 2.21 bits per heavy atom. The Kier molecular flexibility index (Phi) is 5.22. The lowest BCUT2D eigenvalue weighted by molar-refractivity contribution is 0.567. The number of aryl methyl sites for hydroxylation is 2. The predicted molar refractivity (Wildman–Crippen MR) is 87.8 cm³/mol. The summed E-state index contributed by atoms with van der Waals surface area (Å²) >= 11 is 8.97. The fourth-order valence-electron chi connectivity index (χ4n) is 2.09. The molecule has 1 N–H and O–H groups in total. The van der Waals surface area contributed by atoms with Crippen LogP contribution in [0.3, 0.4) is 0 Å². The van der Waals surface area contributed by atoms with Crippen LogP contribution in [0.1, 0.15) is 29.2 Å². The molecule has 104 valence electrons. The molecule has 0 bridgehead atoms. The summed E-state index contributed by atoms with van der Waals surface area (Å²) in [6.07, 6.45) is 1.87. The van der Waals surface area contributed by atoms with E-state index in [0.29, 0.717) is 6.04 Å². The molecule has 2 rings (SSSR count). The molecule has 0 amide bonds. The van der Waals surface area contributed by atoms with E-state index < -0.39 is 0 Å². The third-order valence-corrected chi connectivity index (χ3v) is 5.90. The number of thiophene rings is 1. The zero-order valence-corrected chi connectivity index (χ0v) is 15.2. The zero-order chi connectivity index (χ0) is 14.0. The molecule has 19 heavy (non-hydrogen) atoms. The highest BCUT2D eigenvalue weighted by Crippen LogP contribution is 2.30. The Labute approximate surface area is 134 Å². The first-order valence-electron chi connectivity index (χ1n) is 6.18. The minimum Gasteiger partial charge on any atom is -0.312 e. The molecule has 0 aromatic carbocycles. The topological polar surface area (TPSA) is 29.9 Å². The van der Waals surface area contributed by atoms with Crippen molar-refractivity contribution in [1.29, 1.82) is 0 Å². The molecule has 0 saturated carbocycles. The predicted octanol–water partition coefficient (Wildman–Crippen LogP) is 4.07. The Hall–Kier alpha value is -0.170. The van der Waals surface area contributed by atoms with Gasteiger partial charge in [-0.3, -0.25) is 4.68 Å². The van der Waals surface area contributed by atoms with Gasteiger partial charge in [0.2, 0.25) is 0 Å². The van der Waals surface area contributed by atoms with Crippen LogP contribution >= 0.6 is 43.2 Å². The molecule has 0 fully saturated rings. The maximum atomic E-state index is 4.55. The van der Waals surface area contributed by atoms with Gasteiger partial charge >= 0.3 is 0 Å². The smallest absolute Gasteiger partial charge is 0.0766 e. The van der Waals surface area contributed by atoms with E-state index in [-0.39, 0.29) is 0 Å². The van der Waals surface area contributed by atoms with Crippen molar-refractivity contribution in [2.75, 3.05) is 7.05 Å². The molecule has 0 spiro atoms. The molecule has 2 aromatic heterocycles. The second-order valence-electron chi connectivity index (χ2n) is 4.40. The molecule has 1 unspecified atom stereocenters. The van der Waals surface area contributed by atoms with Gasteiger partial charge in [-0.25, -0.2) is 0 Å². The van der Waals surface area contributed by atoms with Crippen molar-refractivity contribution >= 4 is 43.2 Å². The lowest BCUT2D eigenvalue weighted by Gasteiger charge is -2.15. The molecule has 0 aliphatic rings. The molecule has 2 aromatic rings. The number of nitrogens with one attached hydrogen (secondary N) is 1. The molecule has 6 heteroatoms. The van der Waals surface area contributed by atoms with Crippen LogP contribution in [-0.4, -0.2) is 16.8 Å². The largest absolute Gasteiger partial charge is 0.312 e. The van der Waals surface area contributed by atoms with Crippen LogP contribution < -0.4 is 5.32 Å². The van der Waals surface area contributed by atoms with Gasteiger partial charge in [0.05, 0.1) is 15.9 Å². The summed E-state index contributed by atoms with van der Waals surface area (Å²) in [7, 11) is 4.01. The van der Waals surface area contributed by atoms with Crippen LogP contribution in [-0.2, 0) is 19.9 Å². The average molecular weight is 407 g/mol. The van der Waals surface area contributed by atoms with Crippen LogP contribution in [0.2, 0.25) is 0 Å². The van der Waals surface area contributed by atoms with Gasteiger partial charge in [0.25, 0.3) is 0 Å². The molecule has 1 atom stereocenters. The van der Waals surface area contributed by atoms with Crippen molar-refractivity contribution in [2.24, 2.45) is 7.05 Å². The van der Waals surface area contributed by atoms with Crippen molar-refractivity contribution in [3.63, 3.8) is 0 Å². The monoisotopic (exact) mass is 405 g/mol. The van der Waals surface area contributed by atoms with Crippen LogP contribution in [0.15, 0.2) is 20.4 Å². The second kappa shape index (κ2) is 6.52. The van der Waals surface area contributed by atoms with E-state index in [1.165, 1.54) is 10.6 Å². The van der Waals surface area contributed by atoms with Gasteiger partial charge in [-0.1, -0.05) is 6.92 Å². The lowest BCUT2D eigenvalue weighted by atomic mass is 10.1. The van der Waals surface area contributed by atoms with Crippen LogP contribution in [0.5, 0.6) is 0 Å². The SMILES string of the molecule is CCc1nn(C)c(CC(NC)c2cc(Br)cs2)c1Br. The highest BCUT2D eigenvalue weighted by molar-refractivity contribution is 9.10. The molecular formula is C13H17Br2N3S. The maximum absolute atomic E-state index is 4.55. The first-order valence-corrected chi connectivity index (χ1v) is 8.64. The van der Waals surface area contributed by atoms with Crippen molar-refractivity contribution in [3.05, 3.63) is 36.7 Å². The average Bonchev–Trinajstić information content (AvgIpc) is 2.92. The third kappa shape index (κ3) is 3.29. The number of nitrogens with zero attached hydrogens (tertiary/aromatic N) is 2. The zero-order valence-electron chi connectivity index (χ0n) is 11.2.